The number of ether oxygens (including phenoxy) is 2. The summed E-state index contributed by atoms with van der Waals surface area (Å²) in [6.07, 6.45) is 4.01. The number of nitrogens with zero attached hydrogens (tertiary/aromatic N) is 1. The summed E-state index contributed by atoms with van der Waals surface area (Å²) in [6, 6.07) is 14.8. The van der Waals surface area contributed by atoms with Crippen molar-refractivity contribution in [1.82, 2.24) is 9.71 Å². The first-order valence-electron chi connectivity index (χ1n) is 10.4. The predicted octanol–water partition coefficient (Wildman–Crippen LogP) is 5.10. The number of carboxylic acid groups (broad SMARTS) is 1. The van der Waals surface area contributed by atoms with Gasteiger partial charge in [0.05, 0.1) is 9.37 Å². The Labute approximate surface area is 202 Å². The number of fused-ring (bicyclic) bond motifs is 1. The third kappa shape index (κ3) is 5.79. The molecule has 1 aliphatic rings. The molecule has 1 heterocycles. The number of hydrogen-bond donors (Lipinski definition) is 2. The molecule has 1 aliphatic carbocycles. The number of nitrogens with one attached hydrogen (secondary N) is 1. The minimum Gasteiger partial charge on any atom is -0.482 e. The maximum atomic E-state index is 13.1. The number of aromatic nitrogens is 1. The Morgan fingerprint density at radius 3 is 2.85 bits per heavy atom. The van der Waals surface area contributed by atoms with E-state index in [-0.39, 0.29) is 6.04 Å². The third-order valence-electron chi connectivity index (χ3n) is 5.27. The molecule has 4 rings (SSSR count). The Kier molecular flexibility index (Phi) is 7.42. The van der Waals surface area contributed by atoms with E-state index in [1.807, 2.05) is 43.3 Å². The molecule has 172 valence electrons. The van der Waals surface area contributed by atoms with Gasteiger partial charge in [-0.15, -0.1) is 0 Å². The first-order chi connectivity index (χ1) is 15.9. The van der Waals surface area contributed by atoms with Gasteiger partial charge in [-0.3, -0.25) is 0 Å². The van der Waals surface area contributed by atoms with Crippen molar-refractivity contribution in [3.63, 3.8) is 0 Å². The van der Waals surface area contributed by atoms with Crippen molar-refractivity contribution in [3.8, 4) is 17.4 Å². The zero-order valence-corrected chi connectivity index (χ0v) is 20.3. The molecule has 0 aliphatic heterocycles. The maximum Gasteiger partial charge on any atom is 0.341 e. The molecule has 2 unspecified atom stereocenters. The number of rotatable bonds is 8. The first kappa shape index (κ1) is 23.4. The number of aliphatic carboxylic acids is 1. The SMILES string of the molecule is Cc1cccc(Oc2ncc(S(=O)NC3CCCc4c(OCC(=O)O)cccc43)cc2Br)c1. The molecule has 0 spiro atoms. The molecule has 2 aromatic carbocycles. The number of carbonyl (C=O) groups is 1. The molecule has 0 saturated carbocycles. The van der Waals surface area contributed by atoms with Gasteiger partial charge in [0.15, 0.2) is 6.61 Å². The second kappa shape index (κ2) is 10.5. The van der Waals surface area contributed by atoms with Crippen LogP contribution in [-0.4, -0.2) is 26.9 Å². The summed E-state index contributed by atoms with van der Waals surface area (Å²) in [5, 5.41) is 8.92. The second-order valence-electron chi connectivity index (χ2n) is 7.71. The average molecular weight is 531 g/mol. The molecule has 0 bridgehead atoms. The van der Waals surface area contributed by atoms with E-state index in [1.54, 1.807) is 12.1 Å². The summed E-state index contributed by atoms with van der Waals surface area (Å²) in [5.74, 6) is 0.612. The number of pyridine rings is 1. The number of halogens is 1. The quantitative estimate of drug-likeness (QED) is 0.420. The largest absolute Gasteiger partial charge is 0.482 e. The van der Waals surface area contributed by atoms with Crippen LogP contribution in [0.25, 0.3) is 0 Å². The molecule has 0 saturated heterocycles. The highest BCUT2D eigenvalue weighted by Crippen LogP contribution is 2.36. The first-order valence-corrected chi connectivity index (χ1v) is 12.4. The molecule has 9 heteroatoms. The fourth-order valence-corrected chi connectivity index (χ4v) is 5.38. The summed E-state index contributed by atoms with van der Waals surface area (Å²) in [5.41, 5.74) is 3.01. The topological polar surface area (TPSA) is 97.8 Å². The van der Waals surface area contributed by atoms with Crippen molar-refractivity contribution in [2.45, 2.75) is 37.1 Å². The van der Waals surface area contributed by atoms with Crippen LogP contribution in [0.2, 0.25) is 0 Å². The van der Waals surface area contributed by atoms with Crippen molar-refractivity contribution in [2.75, 3.05) is 6.61 Å². The summed E-state index contributed by atoms with van der Waals surface area (Å²) < 4.78 is 28.2. The lowest BCUT2D eigenvalue weighted by atomic mass is 9.87. The van der Waals surface area contributed by atoms with Gasteiger partial charge in [-0.05, 0) is 83.1 Å². The van der Waals surface area contributed by atoms with Gasteiger partial charge in [0.1, 0.15) is 22.5 Å². The molecular weight excluding hydrogens is 508 g/mol. The lowest BCUT2D eigenvalue weighted by Gasteiger charge is -2.27. The van der Waals surface area contributed by atoms with Crippen molar-refractivity contribution in [3.05, 3.63) is 75.9 Å². The van der Waals surface area contributed by atoms with Gasteiger partial charge in [-0.25, -0.2) is 18.7 Å². The van der Waals surface area contributed by atoms with Crippen LogP contribution in [-0.2, 0) is 22.2 Å². The summed E-state index contributed by atoms with van der Waals surface area (Å²) in [7, 11) is -1.51. The van der Waals surface area contributed by atoms with Crippen LogP contribution in [0.3, 0.4) is 0 Å². The van der Waals surface area contributed by atoms with Gasteiger partial charge < -0.3 is 14.6 Å². The fourth-order valence-electron chi connectivity index (χ4n) is 3.78. The number of hydrogen-bond acceptors (Lipinski definition) is 5. The Morgan fingerprint density at radius 2 is 2.09 bits per heavy atom. The third-order valence-corrected chi connectivity index (χ3v) is 6.98. The van der Waals surface area contributed by atoms with Crippen LogP contribution in [0.1, 0.15) is 35.6 Å². The van der Waals surface area contributed by atoms with Crippen molar-refractivity contribution in [1.29, 1.82) is 0 Å². The van der Waals surface area contributed by atoms with Crippen LogP contribution in [0.15, 0.2) is 64.1 Å². The Bertz CT molecular complexity index is 1200. The zero-order valence-electron chi connectivity index (χ0n) is 17.9. The molecule has 0 fully saturated rings. The minimum atomic E-state index is -1.51. The van der Waals surface area contributed by atoms with Crippen LogP contribution in [0, 0.1) is 6.92 Å². The summed E-state index contributed by atoms with van der Waals surface area (Å²) >= 11 is 3.47. The number of benzene rings is 2. The minimum absolute atomic E-state index is 0.148. The van der Waals surface area contributed by atoms with Crippen molar-refractivity contribution < 1.29 is 23.6 Å². The molecule has 1 aromatic heterocycles. The van der Waals surface area contributed by atoms with E-state index in [9.17, 15) is 9.00 Å². The Balaban J connectivity index is 1.48. The normalized spacial score (nSPS) is 16.0. The van der Waals surface area contributed by atoms with Crippen LogP contribution < -0.4 is 14.2 Å². The smallest absolute Gasteiger partial charge is 0.341 e. The molecular formula is C24H23BrN2O5S. The molecule has 0 amide bonds. The highest BCUT2D eigenvalue weighted by Gasteiger charge is 2.25. The highest BCUT2D eigenvalue weighted by atomic mass is 79.9. The predicted molar refractivity (Wildman–Crippen MR) is 128 cm³/mol. The highest BCUT2D eigenvalue weighted by molar-refractivity contribution is 9.10. The van der Waals surface area contributed by atoms with Crippen LogP contribution in [0.5, 0.6) is 17.4 Å². The Morgan fingerprint density at radius 1 is 1.27 bits per heavy atom. The fraction of sp³-hybridized carbons (Fsp3) is 0.250. The van der Waals surface area contributed by atoms with Gasteiger partial charge in [0, 0.05) is 12.2 Å². The van der Waals surface area contributed by atoms with Gasteiger partial charge >= 0.3 is 5.97 Å². The summed E-state index contributed by atoms with van der Waals surface area (Å²) in [6.45, 7) is 1.59. The van der Waals surface area contributed by atoms with Gasteiger partial charge in [0.25, 0.3) is 0 Å². The maximum absolute atomic E-state index is 13.1. The second-order valence-corrected chi connectivity index (χ2v) is 9.81. The standard InChI is InChI=1S/C24H23BrN2O5S/c1-15-5-2-6-16(11-15)32-24-20(25)12-17(13-26-24)33(30)27-21-9-3-8-19-18(21)7-4-10-22(19)31-14-23(28)29/h2,4-7,10-13,21,27H,3,8-9,14H2,1H3,(H,28,29). The number of aryl methyl sites for hydroxylation is 1. The van der Waals surface area contributed by atoms with Crippen LogP contribution >= 0.6 is 15.9 Å². The average Bonchev–Trinajstić information content (AvgIpc) is 2.79. The molecule has 7 nitrogen and oxygen atoms in total. The summed E-state index contributed by atoms with van der Waals surface area (Å²) in [4.78, 5) is 15.7. The van der Waals surface area contributed by atoms with Gasteiger partial charge in [-0.1, -0.05) is 24.3 Å². The lowest BCUT2D eigenvalue weighted by molar-refractivity contribution is -0.139. The Hall–Kier alpha value is -2.75. The molecule has 2 N–H and O–H groups in total. The van der Waals surface area contributed by atoms with Gasteiger partial charge in [0.2, 0.25) is 5.88 Å². The van der Waals surface area contributed by atoms with Crippen LogP contribution in [0.4, 0.5) is 0 Å². The van der Waals surface area contributed by atoms with Crippen molar-refractivity contribution in [2.24, 2.45) is 0 Å². The van der Waals surface area contributed by atoms with E-state index in [2.05, 4.69) is 25.6 Å². The van der Waals surface area contributed by atoms with Gasteiger partial charge in [-0.2, -0.15) is 0 Å². The molecule has 3 aromatic rings. The molecule has 2 atom stereocenters. The monoisotopic (exact) mass is 530 g/mol. The van der Waals surface area contributed by atoms with E-state index in [0.29, 0.717) is 26.7 Å². The zero-order chi connectivity index (χ0) is 23.4. The molecule has 33 heavy (non-hydrogen) atoms. The van der Waals surface area contributed by atoms with Crippen molar-refractivity contribution >= 4 is 32.9 Å². The lowest BCUT2D eigenvalue weighted by Crippen LogP contribution is -2.27. The van der Waals surface area contributed by atoms with E-state index in [1.165, 1.54) is 6.20 Å². The van der Waals surface area contributed by atoms with E-state index < -0.39 is 23.6 Å². The molecule has 0 radical (unpaired) electrons. The van der Waals surface area contributed by atoms with E-state index in [4.69, 9.17) is 14.6 Å². The van der Waals surface area contributed by atoms with E-state index >= 15 is 0 Å². The van der Waals surface area contributed by atoms with E-state index in [0.717, 1.165) is 36.0 Å². The number of carboxylic acids is 1.